The lowest BCUT2D eigenvalue weighted by Crippen LogP contribution is -2.38. The Hall–Kier alpha value is -1.83. The smallest absolute Gasteiger partial charge is 0.191 e. The topological polar surface area (TPSA) is 58.5 Å². The Morgan fingerprint density at radius 2 is 1.86 bits per heavy atom. The van der Waals surface area contributed by atoms with E-state index in [1.54, 1.807) is 0 Å². The van der Waals surface area contributed by atoms with Crippen LogP contribution in [-0.2, 0) is 12.8 Å². The minimum absolute atomic E-state index is 0. The first-order valence-electron chi connectivity index (χ1n) is 10.5. The van der Waals surface area contributed by atoms with Gasteiger partial charge in [-0.3, -0.25) is 9.98 Å². The minimum atomic E-state index is 0. The molecule has 2 aromatic rings. The molecule has 158 valence electrons. The second kappa shape index (κ2) is 13.4. The van der Waals surface area contributed by atoms with Crippen molar-refractivity contribution in [3.8, 4) is 5.75 Å². The standard InChI is InChI=1S/C23H32N4O.HI/c1-2-24-23(27-18-15-20-7-5-6-16-25-20)26-17-14-19-10-12-22(13-11-19)28-21-8-3-4-9-21;/h5-7,10-13,16,21H,2-4,8-9,14-15,17-18H2,1H3,(H2,24,26,27);1H. The van der Waals surface area contributed by atoms with Gasteiger partial charge in [-0.2, -0.15) is 0 Å². The fourth-order valence-corrected chi connectivity index (χ4v) is 3.43. The van der Waals surface area contributed by atoms with Crippen molar-refractivity contribution in [3.63, 3.8) is 0 Å². The number of aromatic nitrogens is 1. The molecule has 0 atom stereocenters. The highest BCUT2D eigenvalue weighted by molar-refractivity contribution is 14.0. The molecule has 6 heteroatoms. The molecule has 29 heavy (non-hydrogen) atoms. The van der Waals surface area contributed by atoms with Crippen molar-refractivity contribution < 1.29 is 4.74 Å². The molecule has 1 fully saturated rings. The molecular formula is C23H33IN4O. The van der Waals surface area contributed by atoms with Gasteiger partial charge in [0.15, 0.2) is 5.96 Å². The molecule has 2 N–H and O–H groups in total. The highest BCUT2D eigenvalue weighted by Gasteiger charge is 2.16. The minimum Gasteiger partial charge on any atom is -0.490 e. The van der Waals surface area contributed by atoms with Crippen LogP contribution in [0.3, 0.4) is 0 Å². The summed E-state index contributed by atoms with van der Waals surface area (Å²) in [6.45, 7) is 4.50. The van der Waals surface area contributed by atoms with Crippen LogP contribution in [0.25, 0.3) is 0 Å². The quantitative estimate of drug-likeness (QED) is 0.300. The van der Waals surface area contributed by atoms with E-state index in [-0.39, 0.29) is 24.0 Å². The second-order valence-electron chi connectivity index (χ2n) is 7.18. The molecule has 0 amide bonds. The van der Waals surface area contributed by atoms with Crippen LogP contribution in [0.1, 0.15) is 43.9 Å². The molecule has 0 saturated heterocycles. The molecule has 1 aromatic heterocycles. The van der Waals surface area contributed by atoms with Gasteiger partial charge in [-0.1, -0.05) is 18.2 Å². The van der Waals surface area contributed by atoms with Gasteiger partial charge in [0.1, 0.15) is 5.75 Å². The molecule has 1 heterocycles. The number of nitrogens with zero attached hydrogens (tertiary/aromatic N) is 2. The molecule has 0 unspecified atom stereocenters. The molecule has 0 spiro atoms. The van der Waals surface area contributed by atoms with Gasteiger partial charge in [-0.05, 0) is 68.9 Å². The zero-order valence-corrected chi connectivity index (χ0v) is 19.6. The highest BCUT2D eigenvalue weighted by Crippen LogP contribution is 2.24. The van der Waals surface area contributed by atoms with Gasteiger partial charge in [-0.25, -0.2) is 0 Å². The molecule has 1 aromatic carbocycles. The van der Waals surface area contributed by atoms with Crippen LogP contribution in [-0.4, -0.2) is 36.7 Å². The monoisotopic (exact) mass is 508 g/mol. The Balaban J connectivity index is 0.00000300. The van der Waals surface area contributed by atoms with Gasteiger partial charge in [0.2, 0.25) is 0 Å². The Kier molecular flexibility index (Phi) is 10.8. The summed E-state index contributed by atoms with van der Waals surface area (Å²) in [4.78, 5) is 8.99. The van der Waals surface area contributed by atoms with E-state index < -0.39 is 0 Å². The maximum atomic E-state index is 6.04. The number of pyridine rings is 1. The zero-order chi connectivity index (χ0) is 19.4. The second-order valence-corrected chi connectivity index (χ2v) is 7.18. The van der Waals surface area contributed by atoms with Crippen molar-refractivity contribution in [1.29, 1.82) is 0 Å². The molecule has 1 aliphatic rings. The van der Waals surface area contributed by atoms with E-state index in [1.807, 2.05) is 24.4 Å². The van der Waals surface area contributed by atoms with Crippen molar-refractivity contribution >= 4 is 29.9 Å². The van der Waals surface area contributed by atoms with E-state index in [2.05, 4.69) is 51.8 Å². The van der Waals surface area contributed by atoms with Gasteiger partial charge in [0.05, 0.1) is 6.10 Å². The van der Waals surface area contributed by atoms with Crippen molar-refractivity contribution in [3.05, 3.63) is 59.9 Å². The van der Waals surface area contributed by atoms with Crippen molar-refractivity contribution in [2.24, 2.45) is 4.99 Å². The lowest BCUT2D eigenvalue weighted by Gasteiger charge is -2.14. The summed E-state index contributed by atoms with van der Waals surface area (Å²) in [7, 11) is 0. The maximum absolute atomic E-state index is 6.04. The average Bonchev–Trinajstić information content (AvgIpc) is 3.23. The predicted molar refractivity (Wildman–Crippen MR) is 130 cm³/mol. The number of ether oxygens (including phenoxy) is 1. The van der Waals surface area contributed by atoms with Gasteiger partial charge in [-0.15, -0.1) is 24.0 Å². The Bertz CT molecular complexity index is 715. The van der Waals surface area contributed by atoms with E-state index >= 15 is 0 Å². The first-order valence-corrected chi connectivity index (χ1v) is 10.5. The van der Waals surface area contributed by atoms with E-state index in [1.165, 1.54) is 31.2 Å². The van der Waals surface area contributed by atoms with Crippen LogP contribution in [0.15, 0.2) is 53.7 Å². The van der Waals surface area contributed by atoms with E-state index in [0.29, 0.717) is 6.10 Å². The number of guanidine groups is 1. The third-order valence-electron chi connectivity index (χ3n) is 4.94. The lowest BCUT2D eigenvalue weighted by atomic mass is 10.1. The molecule has 0 aliphatic heterocycles. The van der Waals surface area contributed by atoms with Crippen LogP contribution in [0.5, 0.6) is 5.75 Å². The fourth-order valence-electron chi connectivity index (χ4n) is 3.43. The van der Waals surface area contributed by atoms with Crippen LogP contribution in [0, 0.1) is 0 Å². The molecule has 0 radical (unpaired) electrons. The summed E-state index contributed by atoms with van der Waals surface area (Å²) in [6.07, 6.45) is 9.02. The highest BCUT2D eigenvalue weighted by atomic mass is 127. The number of hydrogen-bond acceptors (Lipinski definition) is 3. The number of aliphatic imine (C=N–C) groups is 1. The summed E-state index contributed by atoms with van der Waals surface area (Å²) < 4.78 is 6.04. The number of hydrogen-bond donors (Lipinski definition) is 2. The summed E-state index contributed by atoms with van der Waals surface area (Å²) in [5.41, 5.74) is 2.37. The molecule has 0 bridgehead atoms. The number of halogens is 1. The van der Waals surface area contributed by atoms with Crippen LogP contribution >= 0.6 is 24.0 Å². The predicted octanol–water partition coefficient (Wildman–Crippen LogP) is 4.36. The Labute approximate surface area is 191 Å². The fraction of sp³-hybridized carbons (Fsp3) is 0.478. The van der Waals surface area contributed by atoms with Crippen molar-refractivity contribution in [2.75, 3.05) is 19.6 Å². The first-order chi connectivity index (χ1) is 13.8. The van der Waals surface area contributed by atoms with E-state index in [4.69, 9.17) is 4.74 Å². The number of benzene rings is 1. The van der Waals surface area contributed by atoms with Crippen LogP contribution in [0.4, 0.5) is 0 Å². The zero-order valence-electron chi connectivity index (χ0n) is 17.3. The van der Waals surface area contributed by atoms with Gasteiger partial charge in [0, 0.05) is 37.9 Å². The largest absolute Gasteiger partial charge is 0.490 e. The van der Waals surface area contributed by atoms with Crippen molar-refractivity contribution in [1.82, 2.24) is 15.6 Å². The number of rotatable bonds is 9. The van der Waals surface area contributed by atoms with Crippen LogP contribution < -0.4 is 15.4 Å². The molecular weight excluding hydrogens is 475 g/mol. The summed E-state index contributed by atoms with van der Waals surface area (Å²) >= 11 is 0. The van der Waals surface area contributed by atoms with E-state index in [0.717, 1.165) is 49.9 Å². The molecule has 5 nitrogen and oxygen atoms in total. The molecule has 3 rings (SSSR count). The van der Waals surface area contributed by atoms with Gasteiger partial charge < -0.3 is 15.4 Å². The SMILES string of the molecule is CCNC(=NCCc1ccccn1)NCCc1ccc(OC2CCCC2)cc1.I. The first kappa shape index (κ1) is 23.4. The van der Waals surface area contributed by atoms with Crippen LogP contribution in [0.2, 0.25) is 0 Å². The third kappa shape index (κ3) is 8.60. The normalized spacial score (nSPS) is 14.3. The summed E-state index contributed by atoms with van der Waals surface area (Å²) in [5, 5.41) is 6.72. The summed E-state index contributed by atoms with van der Waals surface area (Å²) in [5.74, 6) is 1.85. The van der Waals surface area contributed by atoms with Crippen molar-refractivity contribution in [2.45, 2.75) is 51.6 Å². The Morgan fingerprint density at radius 1 is 1.07 bits per heavy atom. The van der Waals surface area contributed by atoms with E-state index in [9.17, 15) is 0 Å². The maximum Gasteiger partial charge on any atom is 0.191 e. The molecule has 1 aliphatic carbocycles. The lowest BCUT2D eigenvalue weighted by molar-refractivity contribution is 0.210. The van der Waals surface area contributed by atoms with Gasteiger partial charge in [0.25, 0.3) is 0 Å². The van der Waals surface area contributed by atoms with Gasteiger partial charge >= 0.3 is 0 Å². The Morgan fingerprint density at radius 3 is 2.55 bits per heavy atom. The third-order valence-corrected chi connectivity index (χ3v) is 4.94. The number of nitrogens with one attached hydrogen (secondary N) is 2. The summed E-state index contributed by atoms with van der Waals surface area (Å²) in [6, 6.07) is 14.5. The average molecular weight is 508 g/mol. The molecule has 1 saturated carbocycles.